The molecule has 2 N–H and O–H groups in total. The summed E-state index contributed by atoms with van der Waals surface area (Å²) in [4.78, 5) is 14.4. The Morgan fingerprint density at radius 3 is 3.05 bits per heavy atom. The van der Waals surface area contributed by atoms with Gasteiger partial charge in [0.15, 0.2) is 0 Å². The maximum absolute atomic E-state index is 12.5. The van der Waals surface area contributed by atoms with Gasteiger partial charge in [0.1, 0.15) is 0 Å². The lowest BCUT2D eigenvalue weighted by molar-refractivity contribution is -0.133. The molecule has 0 aliphatic carbocycles. The van der Waals surface area contributed by atoms with Crippen molar-refractivity contribution in [1.29, 1.82) is 0 Å². The van der Waals surface area contributed by atoms with Crippen LogP contribution in [-0.2, 0) is 4.79 Å². The maximum atomic E-state index is 12.5. The highest BCUT2D eigenvalue weighted by Crippen LogP contribution is 2.33. The largest absolute Gasteiger partial charge is 0.334 e. The standard InChI is InChI=1S/C16H23ClN2O/c1-2-3-8-14(18)16(20)19-10-5-9-15(19)12-6-4-7-13(17)11-12/h4,6-7,11,14-15H,2-3,5,8-10,18H2,1H3/t14-,15?/m0/s1. The van der Waals surface area contributed by atoms with Crippen LogP contribution in [0.3, 0.4) is 0 Å². The van der Waals surface area contributed by atoms with Gasteiger partial charge in [-0.15, -0.1) is 0 Å². The van der Waals surface area contributed by atoms with Gasteiger partial charge in [-0.05, 0) is 37.0 Å². The van der Waals surface area contributed by atoms with Crippen LogP contribution in [0.2, 0.25) is 5.02 Å². The molecule has 1 aliphatic heterocycles. The summed E-state index contributed by atoms with van der Waals surface area (Å²) < 4.78 is 0. The molecule has 4 heteroatoms. The first-order chi connectivity index (χ1) is 9.63. The predicted octanol–water partition coefficient (Wildman–Crippen LogP) is 3.52. The molecule has 20 heavy (non-hydrogen) atoms. The van der Waals surface area contributed by atoms with Crippen molar-refractivity contribution >= 4 is 17.5 Å². The molecular weight excluding hydrogens is 272 g/mol. The number of nitrogens with two attached hydrogens (primary N) is 1. The second-order valence-corrected chi connectivity index (χ2v) is 5.93. The van der Waals surface area contributed by atoms with Crippen LogP contribution in [0.5, 0.6) is 0 Å². The number of benzene rings is 1. The van der Waals surface area contributed by atoms with Crippen molar-refractivity contribution in [2.45, 2.75) is 51.1 Å². The molecule has 0 bridgehead atoms. The number of hydrogen-bond acceptors (Lipinski definition) is 2. The third-order valence-electron chi connectivity index (χ3n) is 3.96. The van der Waals surface area contributed by atoms with Crippen molar-refractivity contribution in [2.75, 3.05) is 6.54 Å². The Balaban J connectivity index is 2.09. The molecule has 1 aromatic carbocycles. The quantitative estimate of drug-likeness (QED) is 0.903. The van der Waals surface area contributed by atoms with Gasteiger partial charge in [-0.1, -0.05) is 43.5 Å². The van der Waals surface area contributed by atoms with E-state index in [0.29, 0.717) is 0 Å². The summed E-state index contributed by atoms with van der Waals surface area (Å²) >= 11 is 6.05. The van der Waals surface area contributed by atoms with Gasteiger partial charge >= 0.3 is 0 Å². The molecule has 110 valence electrons. The zero-order valence-electron chi connectivity index (χ0n) is 12.0. The first-order valence-electron chi connectivity index (χ1n) is 7.45. The monoisotopic (exact) mass is 294 g/mol. The van der Waals surface area contributed by atoms with Gasteiger partial charge in [0.25, 0.3) is 0 Å². The van der Waals surface area contributed by atoms with E-state index in [4.69, 9.17) is 17.3 Å². The minimum absolute atomic E-state index is 0.0842. The number of rotatable bonds is 5. The van der Waals surface area contributed by atoms with E-state index in [1.54, 1.807) is 0 Å². The molecule has 1 aliphatic rings. The average Bonchev–Trinajstić information content (AvgIpc) is 2.93. The first kappa shape index (κ1) is 15.3. The zero-order valence-corrected chi connectivity index (χ0v) is 12.8. The smallest absolute Gasteiger partial charge is 0.239 e. The van der Waals surface area contributed by atoms with Gasteiger partial charge in [0.05, 0.1) is 12.1 Å². The third-order valence-corrected chi connectivity index (χ3v) is 4.19. The molecule has 0 aromatic heterocycles. The lowest BCUT2D eigenvalue weighted by Crippen LogP contribution is -2.43. The van der Waals surface area contributed by atoms with E-state index in [1.165, 1.54) is 0 Å². The zero-order chi connectivity index (χ0) is 14.5. The van der Waals surface area contributed by atoms with Crippen molar-refractivity contribution in [3.63, 3.8) is 0 Å². The van der Waals surface area contributed by atoms with Crippen molar-refractivity contribution in [3.8, 4) is 0 Å². The highest BCUT2D eigenvalue weighted by atomic mass is 35.5. The summed E-state index contributed by atoms with van der Waals surface area (Å²) in [6.45, 7) is 2.91. The van der Waals surface area contributed by atoms with Gasteiger partial charge in [0.2, 0.25) is 5.91 Å². The topological polar surface area (TPSA) is 46.3 Å². The highest BCUT2D eigenvalue weighted by Gasteiger charge is 2.32. The van der Waals surface area contributed by atoms with E-state index in [1.807, 2.05) is 29.2 Å². The fourth-order valence-corrected chi connectivity index (χ4v) is 3.05. The highest BCUT2D eigenvalue weighted by molar-refractivity contribution is 6.30. The number of halogens is 1. The minimum atomic E-state index is -0.366. The Bertz CT molecular complexity index is 464. The molecule has 1 fully saturated rings. The second-order valence-electron chi connectivity index (χ2n) is 5.49. The van der Waals surface area contributed by atoms with E-state index in [-0.39, 0.29) is 18.0 Å². The Morgan fingerprint density at radius 1 is 1.55 bits per heavy atom. The molecule has 1 unspecified atom stereocenters. The molecular formula is C16H23ClN2O. The fraction of sp³-hybridized carbons (Fsp3) is 0.562. The average molecular weight is 295 g/mol. The SMILES string of the molecule is CCCC[C@H](N)C(=O)N1CCCC1c1cccc(Cl)c1. The van der Waals surface area contributed by atoms with Crippen LogP contribution in [0.1, 0.15) is 50.6 Å². The summed E-state index contributed by atoms with van der Waals surface area (Å²) in [7, 11) is 0. The third kappa shape index (κ3) is 3.53. The van der Waals surface area contributed by atoms with Crippen LogP contribution in [0.4, 0.5) is 0 Å². The lowest BCUT2D eigenvalue weighted by atomic mass is 10.0. The van der Waals surface area contributed by atoms with Crippen LogP contribution in [0, 0.1) is 0 Å². The van der Waals surface area contributed by atoms with Crippen LogP contribution in [0.15, 0.2) is 24.3 Å². The lowest BCUT2D eigenvalue weighted by Gasteiger charge is -2.28. The number of likely N-dealkylation sites (tertiary alicyclic amines) is 1. The summed E-state index contributed by atoms with van der Waals surface area (Å²) in [6.07, 6.45) is 4.87. The van der Waals surface area contributed by atoms with Gasteiger partial charge in [-0.3, -0.25) is 4.79 Å². The van der Waals surface area contributed by atoms with Crippen molar-refractivity contribution in [3.05, 3.63) is 34.9 Å². The van der Waals surface area contributed by atoms with Crippen LogP contribution < -0.4 is 5.73 Å². The number of hydrogen-bond donors (Lipinski definition) is 1. The van der Waals surface area contributed by atoms with E-state index in [0.717, 1.165) is 49.2 Å². The molecule has 1 amide bonds. The van der Waals surface area contributed by atoms with E-state index in [2.05, 4.69) is 6.92 Å². The number of carbonyl (C=O) groups excluding carboxylic acids is 1. The molecule has 0 spiro atoms. The van der Waals surface area contributed by atoms with Crippen LogP contribution in [-0.4, -0.2) is 23.4 Å². The number of unbranched alkanes of at least 4 members (excludes halogenated alkanes) is 1. The molecule has 1 aromatic rings. The van der Waals surface area contributed by atoms with Crippen LogP contribution in [0.25, 0.3) is 0 Å². The van der Waals surface area contributed by atoms with Crippen molar-refractivity contribution in [1.82, 2.24) is 4.90 Å². The Morgan fingerprint density at radius 2 is 2.35 bits per heavy atom. The first-order valence-corrected chi connectivity index (χ1v) is 7.82. The van der Waals surface area contributed by atoms with Gasteiger partial charge in [-0.2, -0.15) is 0 Å². The van der Waals surface area contributed by atoms with Crippen molar-refractivity contribution in [2.24, 2.45) is 5.73 Å². The summed E-state index contributed by atoms with van der Waals surface area (Å²) in [6, 6.07) is 7.56. The number of carbonyl (C=O) groups is 1. The van der Waals surface area contributed by atoms with E-state index in [9.17, 15) is 4.79 Å². The van der Waals surface area contributed by atoms with Gasteiger partial charge in [-0.25, -0.2) is 0 Å². The van der Waals surface area contributed by atoms with Gasteiger partial charge in [0, 0.05) is 11.6 Å². The second kappa shape index (κ2) is 7.09. The predicted molar refractivity (Wildman–Crippen MR) is 82.6 cm³/mol. The minimum Gasteiger partial charge on any atom is -0.334 e. The maximum Gasteiger partial charge on any atom is 0.239 e. The Kier molecular flexibility index (Phi) is 5.44. The molecule has 3 nitrogen and oxygen atoms in total. The number of nitrogens with zero attached hydrogens (tertiary/aromatic N) is 1. The molecule has 2 rings (SSSR count). The summed E-state index contributed by atoms with van der Waals surface area (Å²) in [5, 5.41) is 0.720. The molecule has 0 radical (unpaired) electrons. The van der Waals surface area contributed by atoms with E-state index >= 15 is 0 Å². The van der Waals surface area contributed by atoms with E-state index < -0.39 is 0 Å². The summed E-state index contributed by atoms with van der Waals surface area (Å²) in [5.41, 5.74) is 7.15. The normalized spacial score (nSPS) is 20.1. The Hall–Kier alpha value is -1.06. The number of amides is 1. The molecule has 2 atom stereocenters. The molecule has 1 heterocycles. The fourth-order valence-electron chi connectivity index (χ4n) is 2.85. The molecule has 1 saturated heterocycles. The van der Waals surface area contributed by atoms with Crippen LogP contribution >= 0.6 is 11.6 Å². The summed E-state index contributed by atoms with van der Waals surface area (Å²) in [5.74, 6) is 0.0842. The Labute approximate surface area is 126 Å². The molecule has 0 saturated carbocycles. The van der Waals surface area contributed by atoms with Gasteiger partial charge < -0.3 is 10.6 Å². The van der Waals surface area contributed by atoms with Crippen molar-refractivity contribution < 1.29 is 4.79 Å².